The van der Waals surface area contributed by atoms with Gasteiger partial charge >= 0.3 is 0 Å². The molecule has 0 saturated heterocycles. The number of terminal acetylenes is 1. The summed E-state index contributed by atoms with van der Waals surface area (Å²) >= 11 is 0. The molecule has 1 atom stereocenters. The van der Waals surface area contributed by atoms with Gasteiger partial charge in [0.2, 0.25) is 5.91 Å². The SMILES string of the molecule is C#CCCC(=O)NC1CC1(C)C. The highest BCUT2D eigenvalue weighted by atomic mass is 16.1. The normalized spacial score (nSPS) is 24.2. The minimum Gasteiger partial charge on any atom is -0.353 e. The zero-order valence-corrected chi connectivity index (χ0v) is 7.68. The van der Waals surface area contributed by atoms with Gasteiger partial charge in [-0.2, -0.15) is 0 Å². The lowest BCUT2D eigenvalue weighted by atomic mass is 10.2. The van der Waals surface area contributed by atoms with Crippen molar-refractivity contribution in [1.82, 2.24) is 5.32 Å². The van der Waals surface area contributed by atoms with Gasteiger partial charge in [-0.1, -0.05) is 13.8 Å². The average Bonchev–Trinajstić information content (AvgIpc) is 2.54. The Labute approximate surface area is 73.7 Å². The molecule has 0 aliphatic heterocycles. The standard InChI is InChI=1S/C10H15NO/c1-4-5-6-9(12)11-8-7-10(8,2)3/h1,8H,5-7H2,2-3H3,(H,11,12). The van der Waals surface area contributed by atoms with Gasteiger partial charge in [-0.25, -0.2) is 0 Å². The third-order valence-electron chi connectivity index (χ3n) is 2.35. The Morgan fingerprint density at radius 3 is 2.75 bits per heavy atom. The second kappa shape index (κ2) is 3.18. The van der Waals surface area contributed by atoms with Crippen molar-refractivity contribution in [2.45, 2.75) is 39.2 Å². The number of carbonyl (C=O) groups excluding carboxylic acids is 1. The zero-order valence-electron chi connectivity index (χ0n) is 7.68. The number of carbonyl (C=O) groups is 1. The lowest BCUT2D eigenvalue weighted by Gasteiger charge is -2.04. The lowest BCUT2D eigenvalue weighted by molar-refractivity contribution is -0.121. The van der Waals surface area contributed by atoms with Crippen LogP contribution in [0.5, 0.6) is 0 Å². The lowest BCUT2D eigenvalue weighted by Crippen LogP contribution is -2.27. The van der Waals surface area contributed by atoms with Crippen LogP contribution in [0.25, 0.3) is 0 Å². The minimum absolute atomic E-state index is 0.0866. The van der Waals surface area contributed by atoms with Crippen LogP contribution in [0.4, 0.5) is 0 Å². The number of hydrogen-bond acceptors (Lipinski definition) is 1. The summed E-state index contributed by atoms with van der Waals surface area (Å²) in [5.74, 6) is 2.54. The van der Waals surface area contributed by atoms with Crippen molar-refractivity contribution < 1.29 is 4.79 Å². The summed E-state index contributed by atoms with van der Waals surface area (Å²) in [7, 11) is 0. The van der Waals surface area contributed by atoms with Crippen LogP contribution in [0.3, 0.4) is 0 Å². The van der Waals surface area contributed by atoms with E-state index in [1.165, 1.54) is 0 Å². The number of rotatable bonds is 3. The second-order valence-electron chi connectivity index (χ2n) is 4.02. The molecule has 0 aromatic heterocycles. The van der Waals surface area contributed by atoms with E-state index < -0.39 is 0 Å². The molecule has 0 radical (unpaired) electrons. The van der Waals surface area contributed by atoms with Gasteiger partial charge < -0.3 is 5.32 Å². The quantitative estimate of drug-likeness (QED) is 0.628. The van der Waals surface area contributed by atoms with Crippen LogP contribution in [0.2, 0.25) is 0 Å². The zero-order chi connectivity index (χ0) is 9.19. The highest BCUT2D eigenvalue weighted by molar-refractivity contribution is 5.77. The molecular formula is C10H15NO. The maximum Gasteiger partial charge on any atom is 0.221 e. The first-order valence-corrected chi connectivity index (χ1v) is 4.29. The smallest absolute Gasteiger partial charge is 0.221 e. The Kier molecular flexibility index (Phi) is 2.42. The van der Waals surface area contributed by atoms with Crippen LogP contribution in [0.1, 0.15) is 33.1 Å². The molecule has 1 aliphatic carbocycles. The number of nitrogens with one attached hydrogen (secondary N) is 1. The summed E-state index contributed by atoms with van der Waals surface area (Å²) in [5.41, 5.74) is 0.311. The van der Waals surface area contributed by atoms with E-state index >= 15 is 0 Å². The Bertz CT molecular complexity index is 224. The van der Waals surface area contributed by atoms with E-state index in [9.17, 15) is 4.79 Å². The summed E-state index contributed by atoms with van der Waals surface area (Å²) in [4.78, 5) is 11.1. The van der Waals surface area contributed by atoms with E-state index in [4.69, 9.17) is 6.42 Å². The maximum atomic E-state index is 11.1. The molecule has 0 aromatic rings. The van der Waals surface area contributed by atoms with Gasteiger partial charge in [0.1, 0.15) is 0 Å². The predicted octanol–water partition coefficient (Wildman–Crippen LogP) is 1.31. The fraction of sp³-hybridized carbons (Fsp3) is 0.700. The molecule has 1 N–H and O–H groups in total. The van der Waals surface area contributed by atoms with Gasteiger partial charge in [0.15, 0.2) is 0 Å². The first kappa shape index (κ1) is 9.12. The van der Waals surface area contributed by atoms with Gasteiger partial charge in [-0.3, -0.25) is 4.79 Å². The van der Waals surface area contributed by atoms with Crippen molar-refractivity contribution in [2.24, 2.45) is 5.41 Å². The van der Waals surface area contributed by atoms with Crippen LogP contribution in [0, 0.1) is 17.8 Å². The minimum atomic E-state index is 0.0866. The van der Waals surface area contributed by atoms with E-state index in [-0.39, 0.29) is 5.91 Å². The van der Waals surface area contributed by atoms with E-state index in [0.717, 1.165) is 6.42 Å². The molecule has 12 heavy (non-hydrogen) atoms. The third kappa shape index (κ3) is 2.27. The van der Waals surface area contributed by atoms with E-state index in [0.29, 0.717) is 24.3 Å². The van der Waals surface area contributed by atoms with E-state index in [2.05, 4.69) is 25.1 Å². The van der Waals surface area contributed by atoms with Crippen molar-refractivity contribution in [3.8, 4) is 12.3 Å². The fourth-order valence-electron chi connectivity index (χ4n) is 1.17. The summed E-state index contributed by atoms with van der Waals surface area (Å²) in [6, 6.07) is 0.378. The molecule has 0 aromatic carbocycles. The maximum absolute atomic E-state index is 11.1. The molecule has 66 valence electrons. The van der Waals surface area contributed by atoms with Crippen molar-refractivity contribution in [3.05, 3.63) is 0 Å². The summed E-state index contributed by atoms with van der Waals surface area (Å²) in [6.07, 6.45) is 7.14. The topological polar surface area (TPSA) is 29.1 Å². The van der Waals surface area contributed by atoms with E-state index in [1.54, 1.807) is 0 Å². The molecule has 2 heteroatoms. The molecule has 1 amide bonds. The number of hydrogen-bond donors (Lipinski definition) is 1. The Hall–Kier alpha value is -0.970. The highest BCUT2D eigenvalue weighted by Crippen LogP contribution is 2.44. The van der Waals surface area contributed by atoms with Crippen LogP contribution >= 0.6 is 0 Å². The molecule has 0 spiro atoms. The first-order chi connectivity index (χ1) is 5.56. The monoisotopic (exact) mass is 165 g/mol. The third-order valence-corrected chi connectivity index (χ3v) is 2.35. The molecule has 0 bridgehead atoms. The Morgan fingerprint density at radius 1 is 1.75 bits per heavy atom. The molecule has 1 fully saturated rings. The highest BCUT2D eigenvalue weighted by Gasteiger charge is 2.46. The van der Waals surface area contributed by atoms with Crippen molar-refractivity contribution in [2.75, 3.05) is 0 Å². The molecule has 2 nitrogen and oxygen atoms in total. The fourth-order valence-corrected chi connectivity index (χ4v) is 1.17. The Morgan fingerprint density at radius 2 is 2.33 bits per heavy atom. The molecular weight excluding hydrogens is 150 g/mol. The average molecular weight is 165 g/mol. The molecule has 1 aliphatic rings. The molecule has 1 rings (SSSR count). The Balaban J connectivity index is 2.17. The molecule has 1 unspecified atom stereocenters. The molecule has 1 saturated carbocycles. The van der Waals surface area contributed by atoms with Crippen molar-refractivity contribution in [3.63, 3.8) is 0 Å². The van der Waals surface area contributed by atoms with Gasteiger partial charge in [-0.05, 0) is 11.8 Å². The van der Waals surface area contributed by atoms with Crippen LogP contribution in [0.15, 0.2) is 0 Å². The molecule has 0 heterocycles. The predicted molar refractivity (Wildman–Crippen MR) is 48.4 cm³/mol. The number of amides is 1. The summed E-state index contributed by atoms with van der Waals surface area (Å²) < 4.78 is 0. The first-order valence-electron chi connectivity index (χ1n) is 4.29. The van der Waals surface area contributed by atoms with Gasteiger partial charge in [0.25, 0.3) is 0 Å². The van der Waals surface area contributed by atoms with Crippen LogP contribution < -0.4 is 5.32 Å². The summed E-state index contributed by atoms with van der Waals surface area (Å²) in [5, 5.41) is 2.94. The van der Waals surface area contributed by atoms with Crippen molar-refractivity contribution in [1.29, 1.82) is 0 Å². The van der Waals surface area contributed by atoms with Gasteiger partial charge in [0, 0.05) is 18.9 Å². The van der Waals surface area contributed by atoms with Gasteiger partial charge in [0.05, 0.1) is 0 Å². The largest absolute Gasteiger partial charge is 0.353 e. The van der Waals surface area contributed by atoms with Crippen LogP contribution in [-0.2, 0) is 4.79 Å². The van der Waals surface area contributed by atoms with Crippen LogP contribution in [-0.4, -0.2) is 11.9 Å². The van der Waals surface area contributed by atoms with Gasteiger partial charge in [-0.15, -0.1) is 12.3 Å². The second-order valence-corrected chi connectivity index (χ2v) is 4.02. The van der Waals surface area contributed by atoms with Crippen molar-refractivity contribution >= 4 is 5.91 Å². The van der Waals surface area contributed by atoms with E-state index in [1.807, 2.05) is 0 Å². The summed E-state index contributed by atoms with van der Waals surface area (Å²) in [6.45, 7) is 4.30.